The van der Waals surface area contributed by atoms with Gasteiger partial charge in [-0.15, -0.1) is 0 Å². The third kappa shape index (κ3) is 3.79. The number of hydrogen-bond acceptors (Lipinski definition) is 1. The Morgan fingerprint density at radius 2 is 1.95 bits per heavy atom. The maximum atomic E-state index is 12.4. The Hall–Kier alpha value is -1.03. The number of carbonyl (C=O) groups excluding carboxylic acids is 1. The molecule has 1 atom stereocenters. The van der Waals surface area contributed by atoms with E-state index in [1.54, 1.807) is 18.2 Å². The lowest BCUT2D eigenvalue weighted by Gasteiger charge is -2.17. The molecule has 2 nitrogen and oxygen atoms in total. The van der Waals surface area contributed by atoms with Gasteiger partial charge in [-0.25, -0.2) is 0 Å². The molecule has 1 N–H and O–H groups in total. The summed E-state index contributed by atoms with van der Waals surface area (Å²) >= 11 is 15.5. The van der Waals surface area contributed by atoms with Crippen LogP contribution in [0.5, 0.6) is 0 Å². The molecule has 0 spiro atoms. The van der Waals surface area contributed by atoms with Crippen LogP contribution in [0, 0.1) is 6.92 Å². The first-order valence-corrected chi connectivity index (χ1v) is 7.96. The lowest BCUT2D eigenvalue weighted by atomic mass is 10.1. The summed E-state index contributed by atoms with van der Waals surface area (Å²) in [6, 6.07) is 10.6. The third-order valence-corrected chi connectivity index (χ3v) is 4.71. The van der Waals surface area contributed by atoms with Crippen molar-refractivity contribution >= 4 is 45.0 Å². The zero-order valence-electron chi connectivity index (χ0n) is 11.6. The van der Waals surface area contributed by atoms with Gasteiger partial charge in [0.05, 0.1) is 6.04 Å². The monoisotopic (exact) mass is 385 g/mol. The van der Waals surface area contributed by atoms with E-state index in [2.05, 4.69) is 21.2 Å². The molecule has 0 aliphatic rings. The van der Waals surface area contributed by atoms with Gasteiger partial charge in [-0.1, -0.05) is 51.3 Å². The number of benzene rings is 2. The zero-order chi connectivity index (χ0) is 15.6. The van der Waals surface area contributed by atoms with E-state index in [1.165, 1.54) is 0 Å². The number of amides is 1. The van der Waals surface area contributed by atoms with E-state index in [0.717, 1.165) is 15.6 Å². The van der Waals surface area contributed by atoms with Crippen molar-refractivity contribution in [3.8, 4) is 0 Å². The van der Waals surface area contributed by atoms with E-state index in [9.17, 15) is 4.79 Å². The minimum Gasteiger partial charge on any atom is -0.345 e. The van der Waals surface area contributed by atoms with Crippen LogP contribution in [0.1, 0.15) is 34.5 Å². The summed E-state index contributed by atoms with van der Waals surface area (Å²) in [6.45, 7) is 3.79. The van der Waals surface area contributed by atoms with Gasteiger partial charge in [0, 0.05) is 20.1 Å². The van der Waals surface area contributed by atoms with Crippen molar-refractivity contribution in [3.63, 3.8) is 0 Å². The molecule has 1 unspecified atom stereocenters. The van der Waals surface area contributed by atoms with Gasteiger partial charge in [0.1, 0.15) is 0 Å². The minimum atomic E-state index is -0.208. The van der Waals surface area contributed by atoms with Crippen molar-refractivity contribution < 1.29 is 4.79 Å². The van der Waals surface area contributed by atoms with Crippen LogP contribution in [0.4, 0.5) is 0 Å². The Labute approximate surface area is 142 Å². The topological polar surface area (TPSA) is 29.1 Å². The average Bonchev–Trinajstić information content (AvgIpc) is 2.41. The van der Waals surface area contributed by atoms with E-state index >= 15 is 0 Å². The van der Waals surface area contributed by atoms with Crippen molar-refractivity contribution in [3.05, 3.63) is 67.6 Å². The van der Waals surface area contributed by atoms with Gasteiger partial charge in [0.25, 0.3) is 5.91 Å². The number of rotatable bonds is 3. The lowest BCUT2D eigenvalue weighted by Crippen LogP contribution is -2.27. The Morgan fingerprint density at radius 1 is 1.24 bits per heavy atom. The Balaban J connectivity index is 2.21. The number of carbonyl (C=O) groups is 1. The molecule has 0 aliphatic carbocycles. The molecule has 0 bridgehead atoms. The van der Waals surface area contributed by atoms with Gasteiger partial charge in [0.15, 0.2) is 0 Å². The standard InChI is InChI=1S/C16H14BrCl2NO/c1-9-12(4-3-5-14(9)17)16(21)20-10(2)13-7-6-11(18)8-15(13)19/h3-8,10H,1-2H3,(H,20,21). The maximum Gasteiger partial charge on any atom is 0.252 e. The van der Waals surface area contributed by atoms with E-state index < -0.39 is 0 Å². The first-order chi connectivity index (χ1) is 9.90. The summed E-state index contributed by atoms with van der Waals surface area (Å²) in [5.74, 6) is -0.132. The van der Waals surface area contributed by atoms with E-state index in [0.29, 0.717) is 15.6 Å². The fourth-order valence-corrected chi connectivity index (χ4v) is 3.00. The van der Waals surface area contributed by atoms with Crippen LogP contribution >= 0.6 is 39.1 Å². The van der Waals surface area contributed by atoms with Gasteiger partial charge in [-0.2, -0.15) is 0 Å². The van der Waals surface area contributed by atoms with Crippen LogP contribution < -0.4 is 5.32 Å². The van der Waals surface area contributed by atoms with Crippen molar-refractivity contribution in [2.24, 2.45) is 0 Å². The molecular weight excluding hydrogens is 373 g/mol. The molecule has 0 aromatic heterocycles. The van der Waals surface area contributed by atoms with Crippen LogP contribution in [0.2, 0.25) is 10.0 Å². The Kier molecular flexibility index (Phi) is 5.31. The molecule has 0 saturated heterocycles. The molecule has 2 aromatic rings. The highest BCUT2D eigenvalue weighted by Gasteiger charge is 2.16. The smallest absolute Gasteiger partial charge is 0.252 e. The summed E-state index contributed by atoms with van der Waals surface area (Å²) in [6.07, 6.45) is 0. The molecule has 0 fully saturated rings. The molecule has 5 heteroatoms. The van der Waals surface area contributed by atoms with E-state index in [1.807, 2.05) is 32.0 Å². The molecule has 21 heavy (non-hydrogen) atoms. The third-order valence-electron chi connectivity index (χ3n) is 3.29. The van der Waals surface area contributed by atoms with E-state index in [-0.39, 0.29) is 11.9 Å². The van der Waals surface area contributed by atoms with Crippen LogP contribution in [0.25, 0.3) is 0 Å². The summed E-state index contributed by atoms with van der Waals surface area (Å²) in [4.78, 5) is 12.4. The molecule has 0 radical (unpaired) electrons. The second-order valence-corrected chi connectivity index (χ2v) is 6.47. The highest BCUT2D eigenvalue weighted by molar-refractivity contribution is 9.10. The number of halogens is 3. The summed E-state index contributed by atoms with van der Waals surface area (Å²) in [5.41, 5.74) is 2.38. The fourth-order valence-electron chi connectivity index (χ4n) is 2.06. The summed E-state index contributed by atoms with van der Waals surface area (Å²) in [5, 5.41) is 4.07. The molecule has 2 aromatic carbocycles. The van der Waals surface area contributed by atoms with Crippen LogP contribution in [-0.4, -0.2) is 5.91 Å². The molecule has 110 valence electrons. The first-order valence-electron chi connectivity index (χ1n) is 6.41. The highest BCUT2D eigenvalue weighted by atomic mass is 79.9. The van der Waals surface area contributed by atoms with Crippen LogP contribution in [-0.2, 0) is 0 Å². The quantitative estimate of drug-likeness (QED) is 0.735. The summed E-state index contributed by atoms with van der Waals surface area (Å²) < 4.78 is 0.910. The molecule has 0 heterocycles. The SMILES string of the molecule is Cc1c(Br)cccc1C(=O)NC(C)c1ccc(Cl)cc1Cl. The van der Waals surface area contributed by atoms with Crippen molar-refractivity contribution in [1.82, 2.24) is 5.32 Å². The number of hydrogen-bond donors (Lipinski definition) is 1. The largest absolute Gasteiger partial charge is 0.345 e. The van der Waals surface area contributed by atoms with Gasteiger partial charge in [0.2, 0.25) is 0 Å². The summed E-state index contributed by atoms with van der Waals surface area (Å²) in [7, 11) is 0. The van der Waals surface area contributed by atoms with Gasteiger partial charge in [-0.3, -0.25) is 4.79 Å². The second-order valence-electron chi connectivity index (χ2n) is 4.77. The van der Waals surface area contributed by atoms with Crippen molar-refractivity contribution in [2.75, 3.05) is 0 Å². The Morgan fingerprint density at radius 3 is 2.62 bits per heavy atom. The zero-order valence-corrected chi connectivity index (χ0v) is 14.7. The van der Waals surface area contributed by atoms with Crippen molar-refractivity contribution in [1.29, 1.82) is 0 Å². The maximum absolute atomic E-state index is 12.4. The normalized spacial score (nSPS) is 12.0. The first kappa shape index (κ1) is 16.3. The highest BCUT2D eigenvalue weighted by Crippen LogP contribution is 2.27. The molecule has 2 rings (SSSR count). The number of nitrogens with one attached hydrogen (secondary N) is 1. The second kappa shape index (κ2) is 6.82. The van der Waals surface area contributed by atoms with Crippen LogP contribution in [0.15, 0.2) is 40.9 Å². The molecule has 0 saturated carbocycles. The van der Waals surface area contributed by atoms with Crippen molar-refractivity contribution in [2.45, 2.75) is 19.9 Å². The average molecular weight is 387 g/mol. The van der Waals surface area contributed by atoms with Gasteiger partial charge >= 0.3 is 0 Å². The predicted octanol–water partition coefficient (Wildman–Crippen LogP) is 5.56. The lowest BCUT2D eigenvalue weighted by molar-refractivity contribution is 0.0939. The van der Waals surface area contributed by atoms with Gasteiger partial charge in [-0.05, 0) is 49.2 Å². The van der Waals surface area contributed by atoms with Gasteiger partial charge < -0.3 is 5.32 Å². The molecule has 1 amide bonds. The van der Waals surface area contributed by atoms with E-state index in [4.69, 9.17) is 23.2 Å². The molecule has 0 aliphatic heterocycles. The minimum absolute atomic E-state index is 0.132. The fraction of sp³-hybridized carbons (Fsp3) is 0.188. The van der Waals surface area contributed by atoms with Crippen LogP contribution in [0.3, 0.4) is 0 Å². The Bertz CT molecular complexity index is 688. The molecular formula is C16H14BrCl2NO. The predicted molar refractivity (Wildman–Crippen MR) is 91.2 cm³/mol.